The molecule has 1 amide bonds. The SMILES string of the molecule is O=C([O-])CC[C@@H](C(=O)[O-])N1C(=O)/C(=C\c2ccc(-c3ccc([N+](=O)[O-])cc3)o2)SC1=S. The van der Waals surface area contributed by atoms with E-state index in [1.54, 1.807) is 12.1 Å². The van der Waals surface area contributed by atoms with Gasteiger partial charge in [-0.05, 0) is 37.1 Å². The Bertz CT molecular complexity index is 1110. The topological polar surface area (TPSA) is 157 Å². The van der Waals surface area contributed by atoms with Gasteiger partial charge in [0.05, 0.1) is 21.8 Å². The molecule has 31 heavy (non-hydrogen) atoms. The number of rotatable bonds is 8. The van der Waals surface area contributed by atoms with Crippen molar-refractivity contribution in [3.63, 3.8) is 0 Å². The molecule has 0 spiro atoms. The first-order valence-corrected chi connectivity index (χ1v) is 9.92. The Balaban J connectivity index is 1.80. The molecule has 12 heteroatoms. The number of nitro benzene ring substituents is 1. The van der Waals surface area contributed by atoms with Gasteiger partial charge in [0.25, 0.3) is 11.6 Å². The van der Waals surface area contributed by atoms with Gasteiger partial charge in [0.2, 0.25) is 0 Å². The number of non-ortho nitro benzene ring substituents is 1. The first-order chi connectivity index (χ1) is 14.7. The zero-order valence-electron chi connectivity index (χ0n) is 15.5. The van der Waals surface area contributed by atoms with Crippen molar-refractivity contribution in [3.05, 3.63) is 57.2 Å². The summed E-state index contributed by atoms with van der Waals surface area (Å²) >= 11 is 5.94. The van der Waals surface area contributed by atoms with Crippen LogP contribution < -0.4 is 10.2 Å². The minimum Gasteiger partial charge on any atom is -0.550 e. The Hall–Kier alpha value is -3.51. The number of carbonyl (C=O) groups is 3. The number of hydrogen-bond donors (Lipinski definition) is 0. The third-order valence-corrected chi connectivity index (χ3v) is 5.62. The van der Waals surface area contributed by atoms with Gasteiger partial charge in [-0.15, -0.1) is 0 Å². The average Bonchev–Trinajstić information content (AvgIpc) is 3.28. The number of thiocarbonyl (C=S) groups is 1. The lowest BCUT2D eigenvalue weighted by Crippen LogP contribution is -2.50. The highest BCUT2D eigenvalue weighted by Gasteiger charge is 2.37. The van der Waals surface area contributed by atoms with Crippen LogP contribution in [0.5, 0.6) is 0 Å². The lowest BCUT2D eigenvalue weighted by molar-refractivity contribution is -0.384. The van der Waals surface area contributed by atoms with Gasteiger partial charge in [0, 0.05) is 29.7 Å². The zero-order valence-corrected chi connectivity index (χ0v) is 17.1. The molecule has 160 valence electrons. The highest BCUT2D eigenvalue weighted by atomic mass is 32.2. The van der Waals surface area contributed by atoms with Crippen molar-refractivity contribution in [3.8, 4) is 11.3 Å². The van der Waals surface area contributed by atoms with Gasteiger partial charge in [-0.2, -0.15) is 0 Å². The summed E-state index contributed by atoms with van der Waals surface area (Å²) in [7, 11) is 0. The van der Waals surface area contributed by atoms with Crippen LogP contribution in [0.3, 0.4) is 0 Å². The van der Waals surface area contributed by atoms with Crippen LogP contribution in [0.1, 0.15) is 18.6 Å². The van der Waals surface area contributed by atoms with Crippen molar-refractivity contribution in [2.24, 2.45) is 0 Å². The molecule has 0 bridgehead atoms. The van der Waals surface area contributed by atoms with Gasteiger partial charge in [0.15, 0.2) is 0 Å². The zero-order chi connectivity index (χ0) is 22.7. The maximum absolute atomic E-state index is 12.7. The molecule has 1 aromatic carbocycles. The number of nitrogens with zero attached hydrogens (tertiary/aromatic N) is 2. The molecule has 0 unspecified atom stereocenters. The van der Waals surface area contributed by atoms with Gasteiger partial charge < -0.3 is 24.2 Å². The van der Waals surface area contributed by atoms with Gasteiger partial charge in [-0.3, -0.25) is 19.8 Å². The molecule has 0 radical (unpaired) electrons. The van der Waals surface area contributed by atoms with Crippen LogP contribution in [0.25, 0.3) is 17.4 Å². The summed E-state index contributed by atoms with van der Waals surface area (Å²) in [6, 6.07) is 7.32. The standard InChI is InChI=1S/C19H14N2O8S2/c22-16(23)8-6-13(18(25)26)20-17(24)15(31-19(20)30)9-12-5-7-14(29-12)10-1-3-11(4-2-10)21(27)28/h1-5,7,9,13H,6,8H2,(H,22,23)(H,25,26)/p-2/b15-9+/t13-/m0/s1. The molecular weight excluding hydrogens is 448 g/mol. The van der Waals surface area contributed by atoms with Crippen LogP contribution in [0, 0.1) is 10.1 Å². The monoisotopic (exact) mass is 460 g/mol. The Morgan fingerprint density at radius 3 is 2.45 bits per heavy atom. The molecule has 2 heterocycles. The van der Waals surface area contributed by atoms with Crippen molar-refractivity contribution in [1.82, 2.24) is 4.90 Å². The Kier molecular flexibility index (Phi) is 6.51. The fraction of sp³-hybridized carbons (Fsp3) is 0.158. The minimum atomic E-state index is -1.63. The molecule has 1 saturated heterocycles. The van der Waals surface area contributed by atoms with E-state index in [9.17, 15) is 34.7 Å². The molecule has 10 nitrogen and oxygen atoms in total. The Morgan fingerprint density at radius 1 is 1.19 bits per heavy atom. The molecule has 3 rings (SSSR count). The number of carboxylic acids is 2. The van der Waals surface area contributed by atoms with E-state index in [2.05, 4.69) is 0 Å². The highest BCUT2D eigenvalue weighted by molar-refractivity contribution is 8.26. The molecule has 1 atom stereocenters. The summed E-state index contributed by atoms with van der Waals surface area (Å²) in [5.74, 6) is -3.12. The second-order valence-electron chi connectivity index (χ2n) is 6.30. The number of nitro groups is 1. The van der Waals surface area contributed by atoms with E-state index in [1.807, 2.05) is 0 Å². The average molecular weight is 460 g/mol. The second kappa shape index (κ2) is 9.10. The normalized spacial score (nSPS) is 16.0. The van der Waals surface area contributed by atoms with Crippen molar-refractivity contribution in [1.29, 1.82) is 0 Å². The van der Waals surface area contributed by atoms with Crippen LogP contribution in [0.2, 0.25) is 0 Å². The molecule has 1 aromatic heterocycles. The highest BCUT2D eigenvalue weighted by Crippen LogP contribution is 2.35. The van der Waals surface area contributed by atoms with E-state index in [4.69, 9.17) is 16.6 Å². The minimum absolute atomic E-state index is 0.0500. The molecule has 1 aliphatic heterocycles. The van der Waals surface area contributed by atoms with E-state index < -0.39 is 41.7 Å². The molecular formula is C19H12N2O8S2-2. The van der Waals surface area contributed by atoms with E-state index >= 15 is 0 Å². The second-order valence-corrected chi connectivity index (χ2v) is 7.98. The van der Waals surface area contributed by atoms with E-state index in [1.165, 1.54) is 30.3 Å². The number of amides is 1. The van der Waals surface area contributed by atoms with Gasteiger partial charge in [0.1, 0.15) is 15.8 Å². The number of carboxylic acid groups (broad SMARTS) is 2. The summed E-state index contributed by atoms with van der Waals surface area (Å²) in [6.07, 6.45) is 0.389. The van der Waals surface area contributed by atoms with Crippen LogP contribution >= 0.6 is 24.0 Å². The number of aliphatic carboxylic acids is 2. The molecule has 1 aliphatic rings. The molecule has 0 saturated carbocycles. The lowest BCUT2D eigenvalue weighted by Gasteiger charge is -2.27. The van der Waals surface area contributed by atoms with Gasteiger partial charge in [-0.1, -0.05) is 24.0 Å². The van der Waals surface area contributed by atoms with E-state index in [0.29, 0.717) is 11.3 Å². The third-order valence-electron chi connectivity index (χ3n) is 4.29. The molecule has 0 aliphatic carbocycles. The number of hydrogen-bond acceptors (Lipinski definition) is 10. The summed E-state index contributed by atoms with van der Waals surface area (Å²) in [5, 5.41) is 32.8. The molecule has 0 N–H and O–H groups in total. The van der Waals surface area contributed by atoms with Gasteiger partial charge >= 0.3 is 0 Å². The number of thioether (sulfide) groups is 1. The van der Waals surface area contributed by atoms with Crippen molar-refractivity contribution < 1.29 is 33.9 Å². The molecule has 2 aromatic rings. The summed E-state index contributed by atoms with van der Waals surface area (Å²) in [6.45, 7) is 0. The Labute approximate surface area is 184 Å². The van der Waals surface area contributed by atoms with Crippen molar-refractivity contribution in [2.45, 2.75) is 18.9 Å². The summed E-state index contributed by atoms with van der Waals surface area (Å²) in [4.78, 5) is 45.9. The maximum atomic E-state index is 12.7. The fourth-order valence-electron chi connectivity index (χ4n) is 2.82. The number of furan rings is 1. The first-order valence-electron chi connectivity index (χ1n) is 8.70. The van der Waals surface area contributed by atoms with Crippen LogP contribution in [0.15, 0.2) is 45.7 Å². The smallest absolute Gasteiger partial charge is 0.269 e. The van der Waals surface area contributed by atoms with E-state index in [0.717, 1.165) is 16.7 Å². The maximum Gasteiger partial charge on any atom is 0.269 e. The predicted octanol–water partition coefficient (Wildman–Crippen LogP) is 0.705. The van der Waals surface area contributed by atoms with E-state index in [-0.39, 0.29) is 20.7 Å². The predicted molar refractivity (Wildman–Crippen MR) is 109 cm³/mol. The quantitative estimate of drug-likeness (QED) is 0.238. The summed E-state index contributed by atoms with van der Waals surface area (Å²) < 4.78 is 5.60. The van der Waals surface area contributed by atoms with Crippen LogP contribution in [-0.4, -0.2) is 38.0 Å². The molecule has 1 fully saturated rings. The lowest BCUT2D eigenvalue weighted by atomic mass is 10.1. The van der Waals surface area contributed by atoms with Crippen molar-refractivity contribution >= 4 is 57.9 Å². The number of carbonyl (C=O) groups excluding carboxylic acids is 3. The Morgan fingerprint density at radius 2 is 1.87 bits per heavy atom. The third kappa shape index (κ3) is 4.98. The summed E-state index contributed by atoms with van der Waals surface area (Å²) in [5.41, 5.74) is 0.512. The van der Waals surface area contributed by atoms with Gasteiger partial charge in [-0.25, -0.2) is 0 Å². The largest absolute Gasteiger partial charge is 0.550 e. The fourth-order valence-corrected chi connectivity index (χ4v) is 4.15. The first kappa shape index (κ1) is 22.2. The van der Waals surface area contributed by atoms with Crippen molar-refractivity contribution in [2.75, 3.05) is 0 Å². The number of benzene rings is 1. The van der Waals surface area contributed by atoms with Crippen LogP contribution in [-0.2, 0) is 14.4 Å². The van der Waals surface area contributed by atoms with Crippen LogP contribution in [0.4, 0.5) is 5.69 Å².